The summed E-state index contributed by atoms with van der Waals surface area (Å²) >= 11 is 0. The average Bonchev–Trinajstić information content (AvgIpc) is 3.25. The van der Waals surface area contributed by atoms with Crippen LogP contribution in [-0.4, -0.2) is 34.9 Å². The second kappa shape index (κ2) is 51.2. The minimum absolute atomic E-state index is 0.121. The summed E-state index contributed by atoms with van der Waals surface area (Å²) in [7, 11) is 0. The van der Waals surface area contributed by atoms with Gasteiger partial charge in [-0.05, 0) is 57.8 Å². The summed E-state index contributed by atoms with van der Waals surface area (Å²) in [6.45, 7) is 4.18. The minimum atomic E-state index is -0.867. The van der Waals surface area contributed by atoms with E-state index < -0.39 is 12.1 Å². The first-order valence-corrected chi connectivity index (χ1v) is 26.2. The molecule has 0 aromatic rings. The zero-order valence-electron chi connectivity index (χ0n) is 40.0. The van der Waals surface area contributed by atoms with Crippen LogP contribution in [0.15, 0.2) is 72.9 Å². The maximum absolute atomic E-state index is 12.4. The zero-order chi connectivity index (χ0) is 43.5. The van der Waals surface area contributed by atoms with Gasteiger partial charge in [-0.25, -0.2) is 0 Å². The lowest BCUT2D eigenvalue weighted by Crippen LogP contribution is -2.45. The third-order valence-corrected chi connectivity index (χ3v) is 11.7. The first-order valence-electron chi connectivity index (χ1n) is 26.2. The van der Waals surface area contributed by atoms with Gasteiger partial charge < -0.3 is 15.5 Å². The number of allylic oxidation sites excluding steroid dienone is 11. The topological polar surface area (TPSA) is 69.6 Å². The summed E-state index contributed by atoms with van der Waals surface area (Å²) in [6, 6.07) is -0.656. The van der Waals surface area contributed by atoms with Crippen LogP contribution in [0.3, 0.4) is 0 Å². The molecular weight excluding hydrogens is 735 g/mol. The van der Waals surface area contributed by atoms with E-state index in [0.717, 1.165) is 57.8 Å². The monoisotopic (exact) mass is 836 g/mol. The Bertz CT molecular complexity index is 1040. The Morgan fingerprint density at radius 3 is 1.08 bits per heavy atom. The van der Waals surface area contributed by atoms with E-state index in [1.54, 1.807) is 6.08 Å². The SMILES string of the molecule is CC/C=C\C/C=C\C/C=C\C/C=C\C/C=C\CCCC(=O)NC(CO)C(O)/C=C/CCCCCCCCCCCCCCCCCCCCCCCCCCCCCCC. The van der Waals surface area contributed by atoms with Gasteiger partial charge >= 0.3 is 0 Å². The standard InChI is InChI=1S/C56H101NO3/c1-3-5-7-9-11-13-15-17-19-21-22-23-24-25-26-27-28-29-30-31-32-33-34-36-37-39-41-43-45-47-49-51-55(59)54(53-58)57-56(60)52-50-48-46-44-42-40-38-35-20-18-16-14-12-10-8-6-4-2/h6,8,12,14,18,20,38,40,44,46,49,51,54-55,58-59H,3-5,7,9-11,13,15-17,19,21-37,39,41-43,45,47-48,50,52-53H2,1-2H3,(H,57,60)/b8-6-,14-12-,20-18-,40-38-,46-44-,51-49+. The van der Waals surface area contributed by atoms with Crippen molar-refractivity contribution < 1.29 is 15.0 Å². The van der Waals surface area contributed by atoms with Crippen molar-refractivity contribution in [2.45, 2.75) is 270 Å². The van der Waals surface area contributed by atoms with Crippen molar-refractivity contribution in [3.8, 4) is 0 Å². The third kappa shape index (κ3) is 46.9. The summed E-state index contributed by atoms with van der Waals surface area (Å²) in [5.74, 6) is -0.121. The van der Waals surface area contributed by atoms with Crippen LogP contribution in [0.1, 0.15) is 258 Å². The fourth-order valence-corrected chi connectivity index (χ4v) is 7.75. The van der Waals surface area contributed by atoms with E-state index in [2.05, 4.69) is 79.9 Å². The molecule has 348 valence electrons. The van der Waals surface area contributed by atoms with Gasteiger partial charge in [0, 0.05) is 6.42 Å². The quantitative estimate of drug-likeness (QED) is 0.0422. The number of hydrogen-bond acceptors (Lipinski definition) is 3. The summed E-state index contributed by atoms with van der Waals surface area (Å²) in [6.07, 6.45) is 73.5. The molecule has 0 heterocycles. The second-order valence-corrected chi connectivity index (χ2v) is 17.6. The Labute approximate surface area is 374 Å². The number of aliphatic hydroxyl groups excluding tert-OH is 2. The molecule has 0 rings (SSSR count). The molecule has 2 unspecified atom stereocenters. The van der Waals surface area contributed by atoms with E-state index in [-0.39, 0.29) is 12.5 Å². The molecule has 2 atom stereocenters. The van der Waals surface area contributed by atoms with Crippen molar-refractivity contribution in [2.75, 3.05) is 6.61 Å². The van der Waals surface area contributed by atoms with Crippen LogP contribution in [0.25, 0.3) is 0 Å². The van der Waals surface area contributed by atoms with E-state index in [9.17, 15) is 15.0 Å². The lowest BCUT2D eigenvalue weighted by atomic mass is 10.0. The van der Waals surface area contributed by atoms with Crippen molar-refractivity contribution in [2.24, 2.45) is 0 Å². The molecule has 1 amide bonds. The predicted molar refractivity (Wildman–Crippen MR) is 267 cm³/mol. The average molecular weight is 836 g/mol. The molecule has 0 bridgehead atoms. The maximum Gasteiger partial charge on any atom is 0.220 e. The number of aliphatic hydroxyl groups is 2. The molecule has 0 saturated heterocycles. The number of nitrogens with one attached hydrogen (secondary N) is 1. The van der Waals surface area contributed by atoms with Gasteiger partial charge in [0.25, 0.3) is 0 Å². The maximum atomic E-state index is 12.4. The molecule has 0 saturated carbocycles. The lowest BCUT2D eigenvalue weighted by Gasteiger charge is -2.19. The highest BCUT2D eigenvalue weighted by molar-refractivity contribution is 5.76. The van der Waals surface area contributed by atoms with Gasteiger partial charge in [0.2, 0.25) is 5.91 Å². The molecule has 0 aliphatic heterocycles. The Hall–Kier alpha value is -2.17. The van der Waals surface area contributed by atoms with Crippen LogP contribution in [0.5, 0.6) is 0 Å². The predicted octanol–water partition coefficient (Wildman–Crippen LogP) is 17.0. The van der Waals surface area contributed by atoms with Crippen LogP contribution in [0.4, 0.5) is 0 Å². The molecule has 60 heavy (non-hydrogen) atoms. The van der Waals surface area contributed by atoms with Crippen LogP contribution < -0.4 is 5.32 Å². The van der Waals surface area contributed by atoms with Crippen molar-refractivity contribution in [1.29, 1.82) is 0 Å². The van der Waals surface area contributed by atoms with Gasteiger partial charge in [0.05, 0.1) is 18.8 Å². The van der Waals surface area contributed by atoms with Gasteiger partial charge in [-0.1, -0.05) is 267 Å². The fraction of sp³-hybridized carbons (Fsp3) is 0.768. The molecule has 0 fully saturated rings. The van der Waals surface area contributed by atoms with Crippen LogP contribution >= 0.6 is 0 Å². The lowest BCUT2D eigenvalue weighted by molar-refractivity contribution is -0.122. The summed E-state index contributed by atoms with van der Waals surface area (Å²) in [5, 5.41) is 23.1. The second-order valence-electron chi connectivity index (χ2n) is 17.6. The third-order valence-electron chi connectivity index (χ3n) is 11.7. The first-order chi connectivity index (χ1) is 29.7. The fourth-order valence-electron chi connectivity index (χ4n) is 7.75. The van der Waals surface area contributed by atoms with Gasteiger partial charge in [-0.2, -0.15) is 0 Å². The van der Waals surface area contributed by atoms with Crippen LogP contribution in [0.2, 0.25) is 0 Å². The number of rotatable bonds is 47. The van der Waals surface area contributed by atoms with E-state index >= 15 is 0 Å². The smallest absolute Gasteiger partial charge is 0.220 e. The Balaban J connectivity index is 3.53. The number of hydrogen-bond donors (Lipinski definition) is 3. The van der Waals surface area contributed by atoms with E-state index in [1.165, 1.54) is 180 Å². The van der Waals surface area contributed by atoms with Gasteiger partial charge in [-0.3, -0.25) is 4.79 Å². The number of carbonyl (C=O) groups excluding carboxylic acids is 1. The molecule has 0 aromatic carbocycles. The van der Waals surface area contributed by atoms with Crippen molar-refractivity contribution >= 4 is 5.91 Å². The van der Waals surface area contributed by atoms with Gasteiger partial charge in [-0.15, -0.1) is 0 Å². The normalized spacial score (nSPS) is 13.5. The van der Waals surface area contributed by atoms with Crippen LogP contribution in [-0.2, 0) is 4.79 Å². The molecule has 0 spiro atoms. The highest BCUT2D eigenvalue weighted by atomic mass is 16.3. The molecule has 4 heteroatoms. The minimum Gasteiger partial charge on any atom is -0.394 e. The first kappa shape index (κ1) is 57.8. The summed E-state index contributed by atoms with van der Waals surface area (Å²) in [5.41, 5.74) is 0. The zero-order valence-corrected chi connectivity index (χ0v) is 40.0. The number of carbonyl (C=O) groups is 1. The molecule has 0 radical (unpaired) electrons. The highest BCUT2D eigenvalue weighted by Gasteiger charge is 2.17. The molecular formula is C56H101NO3. The Morgan fingerprint density at radius 2 is 0.733 bits per heavy atom. The largest absolute Gasteiger partial charge is 0.394 e. The highest BCUT2D eigenvalue weighted by Crippen LogP contribution is 2.17. The van der Waals surface area contributed by atoms with Crippen molar-refractivity contribution in [3.05, 3.63) is 72.9 Å². The Morgan fingerprint density at radius 1 is 0.417 bits per heavy atom. The molecule has 4 nitrogen and oxygen atoms in total. The van der Waals surface area contributed by atoms with Crippen molar-refractivity contribution in [1.82, 2.24) is 5.32 Å². The molecule has 0 aliphatic rings. The van der Waals surface area contributed by atoms with Crippen LogP contribution in [0, 0.1) is 0 Å². The Kier molecular flexibility index (Phi) is 49.3. The van der Waals surface area contributed by atoms with E-state index in [1.807, 2.05) is 6.08 Å². The molecule has 3 N–H and O–H groups in total. The van der Waals surface area contributed by atoms with E-state index in [0.29, 0.717) is 6.42 Å². The summed E-state index contributed by atoms with van der Waals surface area (Å²) in [4.78, 5) is 12.4. The number of amides is 1. The molecule has 0 aliphatic carbocycles. The van der Waals surface area contributed by atoms with Gasteiger partial charge in [0.15, 0.2) is 0 Å². The number of unbranched alkanes of at least 4 members (excludes halogenated alkanes) is 30. The van der Waals surface area contributed by atoms with E-state index in [4.69, 9.17) is 0 Å². The summed E-state index contributed by atoms with van der Waals surface area (Å²) < 4.78 is 0. The van der Waals surface area contributed by atoms with Gasteiger partial charge in [0.1, 0.15) is 0 Å². The van der Waals surface area contributed by atoms with Crippen molar-refractivity contribution in [3.63, 3.8) is 0 Å². The molecule has 0 aromatic heterocycles.